The molecule has 0 spiro atoms. The maximum absolute atomic E-state index is 12.3. The fourth-order valence-electron chi connectivity index (χ4n) is 2.31. The maximum Gasteiger partial charge on any atom is 0.238 e. The Morgan fingerprint density at radius 2 is 2.08 bits per heavy atom. The van der Waals surface area contributed by atoms with Crippen molar-refractivity contribution in [2.75, 3.05) is 5.32 Å². The van der Waals surface area contributed by atoms with Gasteiger partial charge in [0.15, 0.2) is 5.75 Å². The Kier molecular flexibility index (Phi) is 5.75. The molecule has 0 aliphatic heterocycles. The summed E-state index contributed by atoms with van der Waals surface area (Å²) < 4.78 is 7.44. The predicted molar refractivity (Wildman–Crippen MR) is 101 cm³/mol. The summed E-state index contributed by atoms with van der Waals surface area (Å²) in [5.41, 5.74) is 1.54. The first-order valence-electron chi connectivity index (χ1n) is 7.86. The SMILES string of the molecule is Cn1cc(CCC(=O)Nc2ccccc2Oc2ncc(Cl)cc2Cl)cn1. The smallest absolute Gasteiger partial charge is 0.238 e. The molecule has 1 amide bonds. The molecular weight excluding hydrogens is 375 g/mol. The Morgan fingerprint density at radius 3 is 2.81 bits per heavy atom. The molecule has 2 aromatic heterocycles. The van der Waals surface area contributed by atoms with Crippen molar-refractivity contribution in [3.05, 3.63) is 64.5 Å². The normalized spacial score (nSPS) is 10.6. The van der Waals surface area contributed by atoms with Crippen LogP contribution in [0.25, 0.3) is 0 Å². The number of benzene rings is 1. The standard InChI is InChI=1S/C18H16Cl2N4O2/c1-24-11-12(9-22-24)6-7-17(25)23-15-4-2-3-5-16(15)26-18-14(20)8-13(19)10-21-18/h2-5,8-11H,6-7H2,1H3,(H,23,25). The molecule has 3 aromatic rings. The first-order chi connectivity index (χ1) is 12.5. The highest BCUT2D eigenvalue weighted by atomic mass is 35.5. The topological polar surface area (TPSA) is 69.0 Å². The number of carbonyl (C=O) groups is 1. The number of rotatable bonds is 6. The molecule has 2 heterocycles. The Bertz CT molecular complexity index is 927. The summed E-state index contributed by atoms with van der Waals surface area (Å²) in [7, 11) is 1.84. The van der Waals surface area contributed by atoms with Gasteiger partial charge in [-0.15, -0.1) is 0 Å². The fraction of sp³-hybridized carbons (Fsp3) is 0.167. The highest BCUT2D eigenvalue weighted by Crippen LogP contribution is 2.33. The number of nitrogens with one attached hydrogen (secondary N) is 1. The van der Waals surface area contributed by atoms with Crippen LogP contribution in [-0.2, 0) is 18.3 Å². The van der Waals surface area contributed by atoms with Gasteiger partial charge in [0.25, 0.3) is 0 Å². The van der Waals surface area contributed by atoms with Crippen LogP contribution in [0.5, 0.6) is 11.6 Å². The highest BCUT2D eigenvalue weighted by molar-refractivity contribution is 6.35. The van der Waals surface area contributed by atoms with Crippen LogP contribution < -0.4 is 10.1 Å². The largest absolute Gasteiger partial charge is 0.435 e. The van der Waals surface area contributed by atoms with Gasteiger partial charge in [-0.3, -0.25) is 9.48 Å². The number of aromatic nitrogens is 3. The lowest BCUT2D eigenvalue weighted by molar-refractivity contribution is -0.116. The molecule has 0 fully saturated rings. The second-order valence-corrected chi connectivity index (χ2v) is 6.45. The fourth-order valence-corrected chi connectivity index (χ4v) is 2.73. The van der Waals surface area contributed by atoms with Gasteiger partial charge in [0, 0.05) is 25.9 Å². The summed E-state index contributed by atoms with van der Waals surface area (Å²) in [5, 5.41) is 7.64. The van der Waals surface area contributed by atoms with Gasteiger partial charge in [-0.05, 0) is 30.2 Å². The number of aryl methyl sites for hydroxylation is 2. The maximum atomic E-state index is 12.3. The number of nitrogens with zero attached hydrogens (tertiary/aromatic N) is 3. The zero-order chi connectivity index (χ0) is 18.5. The minimum absolute atomic E-state index is 0.125. The number of para-hydroxylation sites is 2. The number of pyridine rings is 1. The van der Waals surface area contributed by atoms with Gasteiger partial charge < -0.3 is 10.1 Å². The van der Waals surface area contributed by atoms with Gasteiger partial charge in [-0.2, -0.15) is 5.10 Å². The lowest BCUT2D eigenvalue weighted by atomic mass is 10.2. The van der Waals surface area contributed by atoms with Crippen molar-refractivity contribution >= 4 is 34.8 Å². The van der Waals surface area contributed by atoms with Gasteiger partial charge >= 0.3 is 0 Å². The first-order valence-corrected chi connectivity index (χ1v) is 8.62. The van der Waals surface area contributed by atoms with Crippen molar-refractivity contribution in [3.63, 3.8) is 0 Å². The molecule has 0 aliphatic rings. The third-order valence-electron chi connectivity index (χ3n) is 3.54. The van der Waals surface area contributed by atoms with Crippen molar-refractivity contribution in [1.29, 1.82) is 0 Å². The Balaban J connectivity index is 1.67. The average Bonchev–Trinajstić information content (AvgIpc) is 3.02. The summed E-state index contributed by atoms with van der Waals surface area (Å²) in [6.07, 6.45) is 6.02. The lowest BCUT2D eigenvalue weighted by Gasteiger charge is -2.12. The molecule has 0 atom stereocenters. The van der Waals surface area contributed by atoms with E-state index in [9.17, 15) is 4.79 Å². The molecule has 26 heavy (non-hydrogen) atoms. The summed E-state index contributed by atoms with van der Waals surface area (Å²) in [5.74, 6) is 0.534. The van der Waals surface area contributed by atoms with Crippen LogP contribution in [0.2, 0.25) is 10.0 Å². The van der Waals surface area contributed by atoms with Crippen LogP contribution in [0.3, 0.4) is 0 Å². The highest BCUT2D eigenvalue weighted by Gasteiger charge is 2.12. The summed E-state index contributed by atoms with van der Waals surface area (Å²) in [6.45, 7) is 0. The van der Waals surface area contributed by atoms with Crippen LogP contribution in [0.1, 0.15) is 12.0 Å². The van der Waals surface area contributed by atoms with E-state index in [0.717, 1.165) is 5.56 Å². The lowest BCUT2D eigenvalue weighted by Crippen LogP contribution is -2.13. The van der Waals surface area contributed by atoms with Crippen molar-refractivity contribution in [1.82, 2.24) is 14.8 Å². The van der Waals surface area contributed by atoms with Gasteiger partial charge in [0.05, 0.1) is 16.9 Å². The van der Waals surface area contributed by atoms with E-state index in [-0.39, 0.29) is 16.8 Å². The number of amides is 1. The molecule has 1 N–H and O–H groups in total. The molecule has 0 bridgehead atoms. The number of hydrogen-bond donors (Lipinski definition) is 1. The van der Waals surface area contributed by atoms with E-state index in [1.165, 1.54) is 6.20 Å². The number of anilines is 1. The molecule has 1 aromatic carbocycles. The van der Waals surface area contributed by atoms with Crippen molar-refractivity contribution < 1.29 is 9.53 Å². The molecule has 0 radical (unpaired) electrons. The summed E-state index contributed by atoms with van der Waals surface area (Å²) in [6, 6.07) is 8.62. The van der Waals surface area contributed by atoms with Crippen LogP contribution in [0, 0.1) is 0 Å². The van der Waals surface area contributed by atoms with Crippen LogP contribution >= 0.6 is 23.2 Å². The number of hydrogen-bond acceptors (Lipinski definition) is 4. The summed E-state index contributed by atoms with van der Waals surface area (Å²) >= 11 is 11.9. The van der Waals surface area contributed by atoms with Crippen molar-refractivity contribution in [2.45, 2.75) is 12.8 Å². The molecule has 6 nitrogen and oxygen atoms in total. The average molecular weight is 391 g/mol. The minimum atomic E-state index is -0.125. The van der Waals surface area contributed by atoms with Gasteiger partial charge in [-0.25, -0.2) is 4.98 Å². The Morgan fingerprint density at radius 1 is 1.27 bits per heavy atom. The number of carbonyl (C=O) groups excluding carboxylic acids is 1. The van der Waals surface area contributed by atoms with Crippen LogP contribution in [0.15, 0.2) is 48.9 Å². The minimum Gasteiger partial charge on any atom is -0.435 e. The number of ether oxygens (including phenoxy) is 1. The predicted octanol–water partition coefficient (Wildman–Crippen LogP) is 4.49. The molecular formula is C18H16Cl2N4O2. The monoisotopic (exact) mass is 390 g/mol. The van der Waals surface area contributed by atoms with Gasteiger partial charge in [-0.1, -0.05) is 35.3 Å². The molecule has 0 unspecified atom stereocenters. The third-order valence-corrected chi connectivity index (χ3v) is 4.02. The Hall–Kier alpha value is -2.57. The van der Waals surface area contributed by atoms with Crippen molar-refractivity contribution in [2.24, 2.45) is 7.05 Å². The second-order valence-electron chi connectivity index (χ2n) is 5.61. The van der Waals surface area contributed by atoms with E-state index in [1.807, 2.05) is 13.2 Å². The van der Waals surface area contributed by atoms with E-state index in [4.69, 9.17) is 27.9 Å². The van der Waals surface area contributed by atoms with E-state index in [0.29, 0.717) is 29.3 Å². The number of halogens is 2. The van der Waals surface area contributed by atoms with E-state index < -0.39 is 0 Å². The molecule has 0 aliphatic carbocycles. The van der Waals surface area contributed by atoms with E-state index >= 15 is 0 Å². The quantitative estimate of drug-likeness (QED) is 0.673. The molecule has 8 heteroatoms. The molecule has 3 rings (SSSR count). The zero-order valence-electron chi connectivity index (χ0n) is 13.9. The Labute approximate surface area is 160 Å². The molecule has 0 saturated heterocycles. The third kappa shape index (κ3) is 4.74. The molecule has 134 valence electrons. The van der Waals surface area contributed by atoms with Gasteiger partial charge in [0.2, 0.25) is 11.8 Å². The summed E-state index contributed by atoms with van der Waals surface area (Å²) in [4.78, 5) is 16.3. The van der Waals surface area contributed by atoms with Crippen molar-refractivity contribution in [3.8, 4) is 11.6 Å². The van der Waals surface area contributed by atoms with E-state index in [2.05, 4.69) is 15.4 Å². The van der Waals surface area contributed by atoms with E-state index in [1.54, 1.807) is 41.2 Å². The second kappa shape index (κ2) is 8.21. The van der Waals surface area contributed by atoms with Crippen LogP contribution in [-0.4, -0.2) is 20.7 Å². The van der Waals surface area contributed by atoms with Gasteiger partial charge in [0.1, 0.15) is 5.02 Å². The first kappa shape index (κ1) is 18.2. The molecule has 0 saturated carbocycles. The zero-order valence-corrected chi connectivity index (χ0v) is 15.5. The van der Waals surface area contributed by atoms with Crippen LogP contribution in [0.4, 0.5) is 5.69 Å².